The number of hydrogen-bond donors (Lipinski definition) is 2. The summed E-state index contributed by atoms with van der Waals surface area (Å²) in [5, 5.41) is 26.4. The Bertz CT molecular complexity index is 1890. The third kappa shape index (κ3) is 8.34. The Balaban J connectivity index is 1.20. The Morgan fingerprint density at radius 3 is 2.38 bits per heavy atom. The van der Waals surface area contributed by atoms with Crippen LogP contribution in [0.4, 0.5) is 0 Å². The number of fused-ring (bicyclic) bond motifs is 3. The first-order valence-electron chi connectivity index (χ1n) is 17.6. The molecule has 10 nitrogen and oxygen atoms in total. The summed E-state index contributed by atoms with van der Waals surface area (Å²) in [7, 11) is 1.58. The van der Waals surface area contributed by atoms with Gasteiger partial charge in [-0.25, -0.2) is 9.59 Å². The predicted molar refractivity (Wildman–Crippen MR) is 199 cm³/mol. The second kappa shape index (κ2) is 16.0. The zero-order valence-corrected chi connectivity index (χ0v) is 31.1. The minimum atomic E-state index is -1.08. The van der Waals surface area contributed by atoms with E-state index in [2.05, 4.69) is 10.2 Å². The molecule has 0 amide bonds. The number of ether oxygens (including phenoxy) is 3. The first-order chi connectivity index (χ1) is 25.2. The van der Waals surface area contributed by atoms with Gasteiger partial charge < -0.3 is 24.5 Å². The van der Waals surface area contributed by atoms with Gasteiger partial charge in [0.25, 0.3) is 0 Å². The maximum atomic E-state index is 13.8. The molecule has 5 heterocycles. The maximum absolute atomic E-state index is 13.8. The number of rotatable bonds is 15. The molecule has 2 N–H and O–H groups in total. The van der Waals surface area contributed by atoms with E-state index in [1.165, 1.54) is 12.4 Å². The number of thiophene rings is 1. The largest absolute Gasteiger partial charge is 0.619 e. The molecule has 1 aliphatic carbocycles. The van der Waals surface area contributed by atoms with Gasteiger partial charge in [-0.05, 0) is 91.9 Å². The van der Waals surface area contributed by atoms with E-state index in [1.54, 1.807) is 7.11 Å². The summed E-state index contributed by atoms with van der Waals surface area (Å²) in [6, 6.07) is 16.1. The van der Waals surface area contributed by atoms with E-state index in [0.29, 0.717) is 45.8 Å². The van der Waals surface area contributed by atoms with Crippen molar-refractivity contribution in [1.29, 1.82) is 0 Å². The van der Waals surface area contributed by atoms with E-state index in [0.717, 1.165) is 72.7 Å². The molecule has 1 saturated carbocycles. The third-order valence-corrected chi connectivity index (χ3v) is 12.1. The van der Waals surface area contributed by atoms with Gasteiger partial charge in [0.05, 0.1) is 13.7 Å². The SMILES string of the molecule is COc1ccc(C(Cc2c(Cl)c[n+]([O-])cc2Cl)c2cc(CNC(C(=O)O[C@H]3CN4CCC3CC4)c3ccccc3)sc2C(=O)O)cc1OCC1CC1. The molecule has 4 aromatic rings. The van der Waals surface area contributed by atoms with E-state index in [9.17, 15) is 19.9 Å². The third-order valence-electron chi connectivity index (χ3n) is 10.3. The average Bonchev–Trinajstić information content (AvgIpc) is 3.88. The second-order valence-corrected chi connectivity index (χ2v) is 15.8. The van der Waals surface area contributed by atoms with Crippen LogP contribution in [0.25, 0.3) is 0 Å². The van der Waals surface area contributed by atoms with Gasteiger partial charge in [-0.15, -0.1) is 11.3 Å². The monoisotopic (exact) mass is 765 g/mol. The van der Waals surface area contributed by atoms with Crippen LogP contribution in [0.5, 0.6) is 11.5 Å². The van der Waals surface area contributed by atoms with Crippen LogP contribution in [0.3, 0.4) is 0 Å². The number of carbonyl (C=O) groups is 2. The van der Waals surface area contributed by atoms with Gasteiger partial charge in [0.1, 0.15) is 27.1 Å². The molecule has 4 aliphatic rings. The highest BCUT2D eigenvalue weighted by Crippen LogP contribution is 2.42. The lowest BCUT2D eigenvalue weighted by Gasteiger charge is -2.44. The van der Waals surface area contributed by atoms with E-state index < -0.39 is 17.9 Å². The van der Waals surface area contributed by atoms with Crippen molar-refractivity contribution in [2.24, 2.45) is 11.8 Å². The molecular weight excluding hydrogens is 725 g/mol. The number of hydrogen-bond acceptors (Lipinski definition) is 9. The van der Waals surface area contributed by atoms with Gasteiger partial charge in [-0.1, -0.05) is 59.6 Å². The molecule has 8 rings (SSSR count). The van der Waals surface area contributed by atoms with Gasteiger partial charge in [-0.2, -0.15) is 4.73 Å². The Labute approximate surface area is 316 Å². The molecule has 2 aromatic carbocycles. The number of carboxylic acid groups (broad SMARTS) is 1. The number of aromatic carboxylic acids is 1. The Hall–Kier alpha value is -3.87. The quantitative estimate of drug-likeness (QED) is 0.0746. The predicted octanol–water partition coefficient (Wildman–Crippen LogP) is 7.03. The molecule has 3 atom stereocenters. The number of benzene rings is 2. The summed E-state index contributed by atoms with van der Waals surface area (Å²) < 4.78 is 18.5. The van der Waals surface area contributed by atoms with Crippen molar-refractivity contribution in [3.63, 3.8) is 0 Å². The number of esters is 1. The van der Waals surface area contributed by atoms with Crippen molar-refractivity contribution < 1.29 is 33.6 Å². The summed E-state index contributed by atoms with van der Waals surface area (Å²) >= 11 is 14.3. The lowest BCUT2D eigenvalue weighted by molar-refractivity contribution is -0.605. The van der Waals surface area contributed by atoms with Gasteiger partial charge >= 0.3 is 11.9 Å². The van der Waals surface area contributed by atoms with Gasteiger partial charge in [0, 0.05) is 29.4 Å². The molecule has 4 fully saturated rings. The number of pyridine rings is 1. The standard InChI is InChI=1S/C39H41Cl2N3O7S/c1-49-33-10-9-26(15-34(33)50-22-23-7-8-23)28(17-30-31(40)19-44(48)20-32(30)41)29-16-27(52-37(29)38(45)46)18-42-36(25-5-3-2-4-6-25)39(47)51-35-21-43-13-11-24(35)12-14-43/h2-6,9-10,15-16,19-20,23-24,28,35-36,42H,7-8,11-14,17-18,21-22H2,1H3,(H,45,46)/t28?,35-,36?/m0/s1. The number of carboxylic acids is 1. The Morgan fingerprint density at radius 2 is 1.75 bits per heavy atom. The minimum absolute atomic E-state index is 0.145. The highest BCUT2D eigenvalue weighted by Gasteiger charge is 2.38. The molecule has 2 bridgehead atoms. The Kier molecular flexibility index (Phi) is 11.2. The van der Waals surface area contributed by atoms with Crippen LogP contribution in [0.1, 0.15) is 74.4 Å². The van der Waals surface area contributed by atoms with Crippen molar-refractivity contribution >= 4 is 46.5 Å². The fourth-order valence-electron chi connectivity index (χ4n) is 7.27. The van der Waals surface area contributed by atoms with Crippen LogP contribution in [-0.2, 0) is 22.5 Å². The maximum Gasteiger partial charge on any atom is 0.346 e. The summed E-state index contributed by atoms with van der Waals surface area (Å²) in [6.07, 6.45) is 6.81. The second-order valence-electron chi connectivity index (χ2n) is 13.9. The molecule has 2 unspecified atom stereocenters. The number of methoxy groups -OCH3 is 1. The number of nitrogens with one attached hydrogen (secondary N) is 1. The van der Waals surface area contributed by atoms with Crippen molar-refractivity contribution in [2.75, 3.05) is 33.4 Å². The van der Waals surface area contributed by atoms with Crippen LogP contribution in [0.15, 0.2) is 67.0 Å². The minimum Gasteiger partial charge on any atom is -0.619 e. The number of nitrogens with zero attached hydrogens (tertiary/aromatic N) is 2. The molecule has 3 saturated heterocycles. The highest BCUT2D eigenvalue weighted by molar-refractivity contribution is 7.14. The molecule has 2 aromatic heterocycles. The summed E-state index contributed by atoms with van der Waals surface area (Å²) in [5.41, 5.74) is 2.59. The van der Waals surface area contributed by atoms with E-state index in [-0.39, 0.29) is 40.0 Å². The fraction of sp³-hybridized carbons (Fsp3) is 0.410. The smallest absolute Gasteiger partial charge is 0.346 e. The van der Waals surface area contributed by atoms with Gasteiger partial charge in [0.15, 0.2) is 23.9 Å². The van der Waals surface area contributed by atoms with Gasteiger partial charge in [-0.3, -0.25) is 10.2 Å². The molecular formula is C39H41Cl2N3O7S. The highest BCUT2D eigenvalue weighted by atomic mass is 35.5. The summed E-state index contributed by atoms with van der Waals surface area (Å²) in [4.78, 5) is 29.9. The van der Waals surface area contributed by atoms with Crippen LogP contribution in [0.2, 0.25) is 10.0 Å². The number of aromatic nitrogens is 1. The lowest BCUT2D eigenvalue weighted by atomic mass is 9.85. The van der Waals surface area contributed by atoms with Crippen LogP contribution < -0.4 is 19.5 Å². The van der Waals surface area contributed by atoms with E-state index in [1.807, 2.05) is 54.6 Å². The summed E-state index contributed by atoms with van der Waals surface area (Å²) in [6.45, 7) is 3.61. The number of piperidine rings is 3. The van der Waals surface area contributed by atoms with Gasteiger partial charge in [0.2, 0.25) is 0 Å². The summed E-state index contributed by atoms with van der Waals surface area (Å²) in [5.74, 6) is 0.0106. The molecule has 0 radical (unpaired) electrons. The zero-order valence-electron chi connectivity index (χ0n) is 28.8. The number of carbonyl (C=O) groups excluding carboxylic acids is 1. The zero-order chi connectivity index (χ0) is 36.4. The molecule has 3 aliphatic heterocycles. The molecule has 13 heteroatoms. The van der Waals surface area contributed by atoms with Crippen molar-refractivity contribution in [3.8, 4) is 11.5 Å². The lowest BCUT2D eigenvalue weighted by Crippen LogP contribution is -2.52. The van der Waals surface area contributed by atoms with Crippen molar-refractivity contribution in [1.82, 2.24) is 10.2 Å². The van der Waals surface area contributed by atoms with E-state index >= 15 is 0 Å². The van der Waals surface area contributed by atoms with E-state index in [4.69, 9.17) is 37.4 Å². The first kappa shape index (κ1) is 36.5. The fourth-order valence-corrected chi connectivity index (χ4v) is 8.88. The number of halogens is 2. The normalized spacial score (nSPS) is 20.6. The topological polar surface area (TPSA) is 124 Å². The van der Waals surface area contributed by atoms with Crippen LogP contribution in [-0.4, -0.2) is 61.4 Å². The van der Waals surface area contributed by atoms with Crippen molar-refractivity contribution in [2.45, 2.75) is 56.7 Å². The van der Waals surface area contributed by atoms with Crippen molar-refractivity contribution in [3.05, 3.63) is 114 Å². The average molecular weight is 767 g/mol. The van der Waals surface area contributed by atoms with Crippen LogP contribution >= 0.6 is 34.5 Å². The molecule has 52 heavy (non-hydrogen) atoms. The molecule has 274 valence electrons. The first-order valence-corrected chi connectivity index (χ1v) is 19.2. The van der Waals surface area contributed by atoms with Crippen LogP contribution in [0, 0.1) is 17.0 Å². The Morgan fingerprint density at radius 1 is 1.02 bits per heavy atom. The molecule has 0 spiro atoms.